The number of aliphatic imine (C=N–C) groups is 1. The molecule has 1 saturated carbocycles. The second kappa shape index (κ2) is 9.28. The first-order valence-electron chi connectivity index (χ1n) is 6.71. The molecular weight excluding hydrogens is 389 g/mol. The molecule has 0 bridgehead atoms. The molecule has 1 aromatic carbocycles. The van der Waals surface area contributed by atoms with E-state index >= 15 is 0 Å². The van der Waals surface area contributed by atoms with Crippen molar-refractivity contribution in [2.24, 2.45) is 4.99 Å². The lowest BCUT2D eigenvalue weighted by Gasteiger charge is -2.10. The number of nitrogens with one attached hydrogen (secondary N) is 2. The average Bonchev–Trinajstić information content (AvgIpc) is 3.19. The van der Waals surface area contributed by atoms with Gasteiger partial charge in [-0.2, -0.15) is 0 Å². The van der Waals surface area contributed by atoms with Crippen molar-refractivity contribution in [2.75, 3.05) is 19.7 Å². The Hall–Kier alpha value is -0.690. The zero-order chi connectivity index (χ0) is 13.5. The first-order chi connectivity index (χ1) is 9.28. The highest BCUT2D eigenvalue weighted by Crippen LogP contribution is 2.18. The fourth-order valence-corrected chi connectivity index (χ4v) is 1.80. The molecule has 2 rings (SSSR count). The Balaban J connectivity index is 0.00000200. The highest BCUT2D eigenvalue weighted by atomic mass is 127. The number of rotatable bonds is 6. The first-order valence-corrected chi connectivity index (χ1v) is 7.09. The molecule has 4 nitrogen and oxygen atoms in total. The third-order valence-electron chi connectivity index (χ3n) is 2.69. The van der Waals surface area contributed by atoms with Crippen molar-refractivity contribution in [3.8, 4) is 5.75 Å². The van der Waals surface area contributed by atoms with Crippen molar-refractivity contribution in [1.82, 2.24) is 10.6 Å². The van der Waals surface area contributed by atoms with Crippen LogP contribution in [0.4, 0.5) is 0 Å². The lowest BCUT2D eigenvalue weighted by molar-refractivity contribution is 0.328. The summed E-state index contributed by atoms with van der Waals surface area (Å²) in [6, 6.07) is 8.00. The smallest absolute Gasteiger partial charge is 0.191 e. The molecule has 2 N–H and O–H groups in total. The maximum atomic E-state index is 5.89. The minimum Gasteiger partial charge on any atom is -0.492 e. The van der Waals surface area contributed by atoms with Crippen molar-refractivity contribution in [3.05, 3.63) is 29.3 Å². The second-order valence-electron chi connectivity index (χ2n) is 4.49. The number of hydrogen-bond donors (Lipinski definition) is 2. The van der Waals surface area contributed by atoms with Crippen LogP contribution in [-0.2, 0) is 0 Å². The molecule has 1 aliphatic carbocycles. The molecule has 0 amide bonds. The Bertz CT molecular complexity index is 438. The zero-order valence-electron chi connectivity index (χ0n) is 11.6. The lowest BCUT2D eigenvalue weighted by Crippen LogP contribution is -2.38. The summed E-state index contributed by atoms with van der Waals surface area (Å²) in [6.45, 7) is 4.09. The summed E-state index contributed by atoms with van der Waals surface area (Å²) >= 11 is 5.89. The van der Waals surface area contributed by atoms with Gasteiger partial charge >= 0.3 is 0 Å². The van der Waals surface area contributed by atoms with Crippen molar-refractivity contribution in [1.29, 1.82) is 0 Å². The monoisotopic (exact) mass is 409 g/mol. The summed E-state index contributed by atoms with van der Waals surface area (Å²) in [6.07, 6.45) is 2.48. The molecule has 0 atom stereocenters. The molecule has 0 unspecified atom stereocenters. The van der Waals surface area contributed by atoms with Gasteiger partial charge in [-0.3, -0.25) is 0 Å². The Morgan fingerprint density at radius 3 is 2.90 bits per heavy atom. The van der Waals surface area contributed by atoms with Gasteiger partial charge in [0.25, 0.3) is 0 Å². The molecule has 20 heavy (non-hydrogen) atoms. The number of hydrogen-bond acceptors (Lipinski definition) is 2. The Morgan fingerprint density at radius 2 is 2.25 bits per heavy atom. The molecule has 1 fully saturated rings. The van der Waals surface area contributed by atoms with Gasteiger partial charge in [-0.1, -0.05) is 17.7 Å². The van der Waals surface area contributed by atoms with Crippen LogP contribution in [0.25, 0.3) is 0 Å². The van der Waals surface area contributed by atoms with Crippen molar-refractivity contribution in [3.63, 3.8) is 0 Å². The highest BCUT2D eigenvalue weighted by Gasteiger charge is 2.21. The largest absolute Gasteiger partial charge is 0.492 e. The van der Waals surface area contributed by atoms with Crippen LogP contribution in [0, 0.1) is 0 Å². The Labute approximate surface area is 142 Å². The maximum Gasteiger partial charge on any atom is 0.191 e. The van der Waals surface area contributed by atoms with Gasteiger partial charge in [-0.15, -0.1) is 24.0 Å². The van der Waals surface area contributed by atoms with Gasteiger partial charge in [-0.05, 0) is 38.0 Å². The molecule has 0 saturated heterocycles. The minimum atomic E-state index is 0. The van der Waals surface area contributed by atoms with E-state index in [-0.39, 0.29) is 24.0 Å². The topological polar surface area (TPSA) is 45.7 Å². The quantitative estimate of drug-likeness (QED) is 0.328. The van der Waals surface area contributed by atoms with Crippen molar-refractivity contribution in [2.45, 2.75) is 25.8 Å². The van der Waals surface area contributed by atoms with Crippen LogP contribution in [0.15, 0.2) is 29.3 Å². The second-order valence-corrected chi connectivity index (χ2v) is 4.92. The van der Waals surface area contributed by atoms with Gasteiger partial charge in [0.1, 0.15) is 12.4 Å². The summed E-state index contributed by atoms with van der Waals surface area (Å²) in [5.41, 5.74) is 0. The van der Waals surface area contributed by atoms with E-state index in [0.29, 0.717) is 24.2 Å². The van der Waals surface area contributed by atoms with E-state index in [0.717, 1.165) is 18.3 Å². The van der Waals surface area contributed by atoms with Crippen LogP contribution in [-0.4, -0.2) is 31.7 Å². The highest BCUT2D eigenvalue weighted by molar-refractivity contribution is 14.0. The van der Waals surface area contributed by atoms with Crippen LogP contribution in [0.2, 0.25) is 5.02 Å². The van der Waals surface area contributed by atoms with E-state index in [4.69, 9.17) is 16.3 Å². The number of nitrogens with zero attached hydrogens (tertiary/aromatic N) is 1. The number of guanidine groups is 1. The first kappa shape index (κ1) is 17.4. The molecular formula is C14H21ClIN3O. The van der Waals surface area contributed by atoms with E-state index in [1.807, 2.05) is 18.2 Å². The summed E-state index contributed by atoms with van der Waals surface area (Å²) in [7, 11) is 0. The summed E-state index contributed by atoms with van der Waals surface area (Å²) in [5, 5.41) is 7.27. The predicted molar refractivity (Wildman–Crippen MR) is 94.5 cm³/mol. The fraction of sp³-hybridized carbons (Fsp3) is 0.500. The van der Waals surface area contributed by atoms with E-state index in [2.05, 4.69) is 22.5 Å². The minimum absolute atomic E-state index is 0. The lowest BCUT2D eigenvalue weighted by atomic mass is 10.3. The van der Waals surface area contributed by atoms with E-state index < -0.39 is 0 Å². The summed E-state index contributed by atoms with van der Waals surface area (Å²) in [5.74, 6) is 1.66. The normalized spacial score (nSPS) is 14.4. The number of ether oxygens (including phenoxy) is 1. The summed E-state index contributed by atoms with van der Waals surface area (Å²) in [4.78, 5) is 4.47. The van der Waals surface area contributed by atoms with Crippen LogP contribution < -0.4 is 15.4 Å². The van der Waals surface area contributed by atoms with Crippen LogP contribution in [0.1, 0.15) is 19.8 Å². The zero-order valence-corrected chi connectivity index (χ0v) is 14.7. The Morgan fingerprint density at radius 1 is 1.45 bits per heavy atom. The molecule has 0 aromatic heterocycles. The average molecular weight is 410 g/mol. The van der Waals surface area contributed by atoms with Gasteiger partial charge in [0, 0.05) is 17.6 Å². The van der Waals surface area contributed by atoms with Gasteiger partial charge in [0.05, 0.1) is 6.54 Å². The van der Waals surface area contributed by atoms with Gasteiger partial charge < -0.3 is 15.4 Å². The third kappa shape index (κ3) is 6.65. The molecule has 6 heteroatoms. The van der Waals surface area contributed by atoms with E-state index in [1.54, 1.807) is 6.07 Å². The fourth-order valence-electron chi connectivity index (χ4n) is 1.62. The van der Waals surface area contributed by atoms with Crippen molar-refractivity contribution >= 4 is 41.5 Å². The maximum absolute atomic E-state index is 5.89. The van der Waals surface area contributed by atoms with Crippen LogP contribution in [0.5, 0.6) is 5.75 Å². The molecule has 0 aliphatic heterocycles. The van der Waals surface area contributed by atoms with Crippen LogP contribution >= 0.6 is 35.6 Å². The van der Waals surface area contributed by atoms with E-state index in [1.165, 1.54) is 12.8 Å². The number of halogens is 2. The Kier molecular flexibility index (Phi) is 8.06. The number of benzene rings is 1. The molecule has 0 spiro atoms. The molecule has 0 radical (unpaired) electrons. The summed E-state index contributed by atoms with van der Waals surface area (Å²) < 4.78 is 5.59. The van der Waals surface area contributed by atoms with Gasteiger partial charge in [0.15, 0.2) is 5.96 Å². The molecule has 0 heterocycles. The standard InChI is InChI=1S/C14H20ClN3O.HI/c1-2-16-14(18-12-6-7-12)17-8-9-19-13-5-3-4-11(15)10-13;/h3-5,10,12H,2,6-9H2,1H3,(H2,16,17,18);1H. The third-order valence-corrected chi connectivity index (χ3v) is 2.92. The van der Waals surface area contributed by atoms with E-state index in [9.17, 15) is 0 Å². The predicted octanol–water partition coefficient (Wildman–Crippen LogP) is 3.05. The van der Waals surface area contributed by atoms with Crippen LogP contribution in [0.3, 0.4) is 0 Å². The molecule has 1 aromatic rings. The molecule has 112 valence electrons. The van der Waals surface area contributed by atoms with Crippen molar-refractivity contribution < 1.29 is 4.74 Å². The SMILES string of the molecule is CCNC(=NCCOc1cccc(Cl)c1)NC1CC1.I. The molecule has 1 aliphatic rings. The van der Waals surface area contributed by atoms with Gasteiger partial charge in [0.2, 0.25) is 0 Å². The van der Waals surface area contributed by atoms with Gasteiger partial charge in [-0.25, -0.2) is 4.99 Å².